The van der Waals surface area contributed by atoms with Crippen LogP contribution in [0.15, 0.2) is 60.5 Å². The third-order valence-corrected chi connectivity index (χ3v) is 14.7. The Balaban J connectivity index is 0.000000372. The number of aromatic nitrogens is 1. The van der Waals surface area contributed by atoms with E-state index in [0.29, 0.717) is 0 Å². The van der Waals surface area contributed by atoms with Crippen LogP contribution in [0.1, 0.15) is 158 Å². The standard InChI is InChI=1S/C38H44NSe.C13H24O2.Ir/c1-35(2,3)22-25-21-29-31(38(9,10)17-16-37(29,7)8)34-30(25)27-15-18-39-32(33(27)40-34)24-19-23-13-11-12-14-26(23)28(20-24)36(4,5)6;1-5-10(6-2)12(14)9-13(15)11(7-3)8-4;/h11-15,18,20-21H,16-17,22H2,1-10H3;9-11,14H,5-8H2,1-4H3;/q-1;;/b;12-9-;. The van der Waals surface area contributed by atoms with Crippen LogP contribution in [0.2, 0.25) is 0 Å². The molecule has 1 radical (unpaired) electrons. The first-order valence-corrected chi connectivity index (χ1v) is 22.7. The third kappa shape index (κ3) is 9.66. The number of carbonyl (C=O) groups excluding carboxylic acids is 1. The van der Waals surface area contributed by atoms with Gasteiger partial charge in [0.05, 0.1) is 5.76 Å². The number of allylic oxidation sites excluding steroid dienone is 2. The molecule has 0 bridgehead atoms. The second-order valence-electron chi connectivity index (χ2n) is 19.7. The predicted molar refractivity (Wildman–Crippen MR) is 239 cm³/mol. The van der Waals surface area contributed by atoms with Crippen molar-refractivity contribution in [2.24, 2.45) is 17.3 Å². The Kier molecular flexibility index (Phi) is 14.6. The van der Waals surface area contributed by atoms with Crippen molar-refractivity contribution < 1.29 is 30.0 Å². The van der Waals surface area contributed by atoms with Crippen LogP contribution in [-0.2, 0) is 47.6 Å². The summed E-state index contributed by atoms with van der Waals surface area (Å²) in [5.74, 6) is 0.547. The van der Waals surface area contributed by atoms with Crippen LogP contribution in [0.3, 0.4) is 0 Å². The van der Waals surface area contributed by atoms with E-state index in [-0.39, 0.29) is 79.6 Å². The minimum Gasteiger partial charge on any atom is -0.512 e. The van der Waals surface area contributed by atoms with Crippen LogP contribution in [0.5, 0.6) is 0 Å². The van der Waals surface area contributed by atoms with Gasteiger partial charge in [0, 0.05) is 38.0 Å². The molecule has 6 rings (SSSR count). The summed E-state index contributed by atoms with van der Waals surface area (Å²) >= 11 is 0.193. The van der Waals surface area contributed by atoms with Gasteiger partial charge in [0.2, 0.25) is 0 Å². The second kappa shape index (κ2) is 17.7. The number of carbonyl (C=O) groups is 1. The largest absolute Gasteiger partial charge is 0.512 e. The molecular formula is C51H68IrNO2Se-. The average molecular weight is 998 g/mol. The number of rotatable bonds is 9. The zero-order valence-electron chi connectivity index (χ0n) is 36.8. The topological polar surface area (TPSA) is 50.2 Å². The average Bonchev–Trinajstić information content (AvgIpc) is 3.50. The SMILES string of the molecule is CC(C)(C)Cc1cc2c(c3[se]c4c(-c5[c-]c6ccccc6c(C(C)(C)C)c5)nccc4c13)C(C)(C)CCC2(C)C.CCC(CC)C(=O)/C=C(\O)C(CC)CC.[Ir]. The summed E-state index contributed by atoms with van der Waals surface area (Å²) in [6.45, 7) is 32.1. The molecule has 0 amide bonds. The second-order valence-corrected chi connectivity index (χ2v) is 21.8. The minimum absolute atomic E-state index is 0. The molecule has 3 nitrogen and oxygen atoms in total. The maximum Gasteiger partial charge on any atom is 0.162 e. The summed E-state index contributed by atoms with van der Waals surface area (Å²) in [6, 6.07) is 19.8. The van der Waals surface area contributed by atoms with Crippen molar-refractivity contribution in [1.82, 2.24) is 4.98 Å². The van der Waals surface area contributed by atoms with Gasteiger partial charge in [-0.1, -0.05) is 27.7 Å². The van der Waals surface area contributed by atoms with E-state index in [1.54, 1.807) is 15.4 Å². The van der Waals surface area contributed by atoms with Gasteiger partial charge in [-0.25, -0.2) is 0 Å². The molecule has 1 aliphatic rings. The van der Waals surface area contributed by atoms with Gasteiger partial charge in [-0.2, -0.15) is 0 Å². The van der Waals surface area contributed by atoms with E-state index in [2.05, 4.69) is 124 Å². The molecule has 0 saturated carbocycles. The van der Waals surface area contributed by atoms with Crippen LogP contribution in [-0.4, -0.2) is 30.4 Å². The summed E-state index contributed by atoms with van der Waals surface area (Å²) in [4.78, 5) is 16.8. The first-order valence-electron chi connectivity index (χ1n) is 21.0. The molecule has 3 aromatic carbocycles. The summed E-state index contributed by atoms with van der Waals surface area (Å²) in [5, 5.41) is 15.2. The zero-order chi connectivity index (χ0) is 40.7. The fourth-order valence-electron chi connectivity index (χ4n) is 8.71. The fraction of sp³-hybridized carbons (Fsp3) is 0.529. The first-order chi connectivity index (χ1) is 25.7. The minimum atomic E-state index is 0. The van der Waals surface area contributed by atoms with Gasteiger partial charge in [-0.15, -0.1) is 0 Å². The summed E-state index contributed by atoms with van der Waals surface area (Å²) in [5.41, 5.74) is 9.03. The smallest absolute Gasteiger partial charge is 0.162 e. The number of hydrogen-bond donors (Lipinski definition) is 1. The molecule has 0 fully saturated rings. The Hall–Kier alpha value is -2.55. The number of aliphatic hydroxyl groups is 1. The van der Waals surface area contributed by atoms with E-state index in [9.17, 15) is 9.90 Å². The van der Waals surface area contributed by atoms with E-state index in [1.165, 1.54) is 55.8 Å². The monoisotopic (exact) mass is 999 g/mol. The summed E-state index contributed by atoms with van der Waals surface area (Å²) in [6.07, 6.45) is 10.5. The van der Waals surface area contributed by atoms with Crippen molar-refractivity contribution in [3.63, 3.8) is 0 Å². The molecular weight excluding hydrogens is 930 g/mol. The number of ketones is 1. The van der Waals surface area contributed by atoms with Crippen molar-refractivity contribution in [2.75, 3.05) is 0 Å². The molecule has 0 unspecified atom stereocenters. The van der Waals surface area contributed by atoms with E-state index in [1.807, 2.05) is 27.7 Å². The molecule has 0 spiro atoms. The van der Waals surface area contributed by atoms with E-state index in [0.717, 1.165) is 43.4 Å². The molecule has 5 aromatic rings. The predicted octanol–water partition coefficient (Wildman–Crippen LogP) is 14.2. The Labute approximate surface area is 358 Å². The van der Waals surface area contributed by atoms with E-state index < -0.39 is 0 Å². The van der Waals surface area contributed by atoms with E-state index >= 15 is 0 Å². The Morgan fingerprint density at radius 3 is 2.05 bits per heavy atom. The molecule has 5 heteroatoms. The number of hydrogen-bond acceptors (Lipinski definition) is 3. The molecule has 2 heterocycles. The van der Waals surface area contributed by atoms with Gasteiger partial charge in [-0.3, -0.25) is 4.79 Å². The third-order valence-electron chi connectivity index (χ3n) is 12.2. The quantitative estimate of drug-likeness (QED) is 0.0693. The summed E-state index contributed by atoms with van der Waals surface area (Å²) in [7, 11) is 0. The van der Waals surface area contributed by atoms with Gasteiger partial charge in [0.1, 0.15) is 0 Å². The Bertz CT molecular complexity index is 2200. The zero-order valence-corrected chi connectivity index (χ0v) is 41.0. The van der Waals surface area contributed by atoms with Crippen molar-refractivity contribution >= 4 is 50.4 Å². The molecule has 2 aromatic heterocycles. The molecule has 0 aliphatic heterocycles. The number of aliphatic hydroxyl groups excluding tert-OH is 1. The molecule has 56 heavy (non-hydrogen) atoms. The summed E-state index contributed by atoms with van der Waals surface area (Å²) < 4.78 is 3.07. The van der Waals surface area contributed by atoms with Crippen LogP contribution in [0, 0.1) is 23.3 Å². The van der Waals surface area contributed by atoms with Gasteiger partial charge in [0.15, 0.2) is 5.78 Å². The van der Waals surface area contributed by atoms with E-state index in [4.69, 9.17) is 4.98 Å². The Morgan fingerprint density at radius 1 is 0.857 bits per heavy atom. The number of benzene rings is 3. The van der Waals surface area contributed by atoms with Crippen molar-refractivity contribution in [3.8, 4) is 11.3 Å². The maximum atomic E-state index is 11.7. The van der Waals surface area contributed by atoms with Crippen molar-refractivity contribution in [3.05, 3.63) is 88.8 Å². The van der Waals surface area contributed by atoms with Crippen LogP contribution >= 0.6 is 0 Å². The molecule has 305 valence electrons. The maximum absolute atomic E-state index is 11.7. The van der Waals surface area contributed by atoms with Gasteiger partial charge < -0.3 is 5.11 Å². The van der Waals surface area contributed by atoms with Gasteiger partial charge in [0.25, 0.3) is 0 Å². The number of pyridine rings is 1. The van der Waals surface area contributed by atoms with Crippen LogP contribution < -0.4 is 0 Å². The van der Waals surface area contributed by atoms with Crippen LogP contribution in [0.4, 0.5) is 0 Å². The molecule has 1 aliphatic carbocycles. The normalized spacial score (nSPS) is 15.5. The van der Waals surface area contributed by atoms with Crippen LogP contribution in [0.25, 0.3) is 41.3 Å². The van der Waals surface area contributed by atoms with Crippen molar-refractivity contribution in [1.29, 1.82) is 0 Å². The van der Waals surface area contributed by atoms with Gasteiger partial charge in [-0.05, 0) is 25.7 Å². The molecule has 1 N–H and O–H groups in total. The van der Waals surface area contributed by atoms with Gasteiger partial charge >= 0.3 is 248 Å². The fourth-order valence-corrected chi connectivity index (χ4v) is 12.0. The first kappa shape index (κ1) is 46.1. The molecule has 0 atom stereocenters. The number of fused-ring (bicyclic) bond motifs is 6. The molecule has 0 saturated heterocycles. The Morgan fingerprint density at radius 2 is 1.46 bits per heavy atom. The van der Waals surface area contributed by atoms with Crippen molar-refractivity contribution in [2.45, 2.75) is 158 Å². The number of nitrogens with zero attached hydrogens (tertiary/aromatic N) is 1.